The molecule has 0 aliphatic carbocycles. The lowest BCUT2D eigenvalue weighted by atomic mass is 10.1. The molecule has 0 aliphatic heterocycles. The van der Waals surface area contributed by atoms with E-state index >= 15 is 0 Å². The van der Waals surface area contributed by atoms with Gasteiger partial charge in [0.1, 0.15) is 23.2 Å². The number of rotatable bonds is 9. The van der Waals surface area contributed by atoms with Crippen molar-refractivity contribution < 1.29 is 18.3 Å². The minimum atomic E-state index is -0.709. The number of carbonyl (C=O) groups is 1. The zero-order chi connectivity index (χ0) is 24.8. The summed E-state index contributed by atoms with van der Waals surface area (Å²) >= 11 is 1.18. The molecule has 0 fully saturated rings. The lowest BCUT2D eigenvalue weighted by Crippen LogP contribution is -2.23. The van der Waals surface area contributed by atoms with Crippen LogP contribution in [0.5, 0.6) is 5.75 Å². The van der Waals surface area contributed by atoms with Crippen molar-refractivity contribution in [2.75, 3.05) is 11.9 Å². The highest BCUT2D eigenvalue weighted by Crippen LogP contribution is 2.29. The minimum absolute atomic E-state index is 0.208. The van der Waals surface area contributed by atoms with Gasteiger partial charge in [-0.2, -0.15) is 0 Å². The van der Waals surface area contributed by atoms with Gasteiger partial charge in [-0.1, -0.05) is 42.1 Å². The molecule has 6 nitrogen and oxygen atoms in total. The number of nitrogens with one attached hydrogen (secondary N) is 1. The third-order valence-electron chi connectivity index (χ3n) is 5.15. The molecule has 1 amide bonds. The molecule has 4 rings (SSSR count). The van der Waals surface area contributed by atoms with Gasteiger partial charge >= 0.3 is 0 Å². The van der Waals surface area contributed by atoms with Crippen LogP contribution < -0.4 is 10.1 Å². The first kappa shape index (κ1) is 24.4. The van der Waals surface area contributed by atoms with Crippen LogP contribution >= 0.6 is 11.8 Å². The third-order valence-corrected chi connectivity index (χ3v) is 6.19. The molecule has 0 aliphatic rings. The maximum absolute atomic E-state index is 14.0. The van der Waals surface area contributed by atoms with E-state index in [2.05, 4.69) is 15.5 Å². The first-order chi connectivity index (χ1) is 16.9. The smallest absolute Gasteiger partial charge is 0.237 e. The number of amides is 1. The van der Waals surface area contributed by atoms with Crippen LogP contribution in [0.25, 0.3) is 5.69 Å². The van der Waals surface area contributed by atoms with E-state index in [0.29, 0.717) is 24.0 Å². The van der Waals surface area contributed by atoms with Crippen molar-refractivity contribution >= 4 is 23.4 Å². The van der Waals surface area contributed by atoms with Gasteiger partial charge in [0.15, 0.2) is 5.16 Å². The van der Waals surface area contributed by atoms with Gasteiger partial charge in [0, 0.05) is 18.2 Å². The molecule has 35 heavy (non-hydrogen) atoms. The van der Waals surface area contributed by atoms with Gasteiger partial charge in [-0.3, -0.25) is 9.36 Å². The molecular formula is C26H24F2N4O2S. The Labute approximate surface area is 206 Å². The quantitative estimate of drug-likeness (QED) is 0.304. The molecule has 1 aromatic heterocycles. The number of hydrogen-bond donors (Lipinski definition) is 1. The van der Waals surface area contributed by atoms with E-state index in [1.54, 1.807) is 6.92 Å². The van der Waals surface area contributed by atoms with Crippen molar-refractivity contribution in [3.63, 3.8) is 0 Å². The Morgan fingerprint density at radius 2 is 1.80 bits per heavy atom. The lowest BCUT2D eigenvalue weighted by Gasteiger charge is -2.15. The Kier molecular flexibility index (Phi) is 7.77. The molecule has 1 unspecified atom stereocenters. The summed E-state index contributed by atoms with van der Waals surface area (Å²) in [6, 6.07) is 20.3. The fraction of sp³-hybridized carbons (Fsp3) is 0.192. The Bertz CT molecular complexity index is 1300. The van der Waals surface area contributed by atoms with Crippen LogP contribution in [0.15, 0.2) is 78.0 Å². The molecule has 0 bridgehead atoms. The van der Waals surface area contributed by atoms with Crippen LogP contribution in [0.3, 0.4) is 0 Å². The molecule has 180 valence electrons. The number of hydrogen-bond acceptors (Lipinski definition) is 5. The number of nitrogens with zero attached hydrogens (tertiary/aromatic N) is 3. The van der Waals surface area contributed by atoms with Crippen LogP contribution in [-0.4, -0.2) is 32.5 Å². The van der Waals surface area contributed by atoms with Gasteiger partial charge < -0.3 is 10.1 Å². The Morgan fingerprint density at radius 3 is 2.51 bits per heavy atom. The molecule has 1 atom stereocenters. The maximum atomic E-state index is 14.0. The van der Waals surface area contributed by atoms with Gasteiger partial charge in [0.05, 0.1) is 17.5 Å². The molecular weight excluding hydrogens is 470 g/mol. The molecule has 3 aromatic carbocycles. The first-order valence-electron chi connectivity index (χ1n) is 11.1. The SMILES string of the molecule is CCOc1ccc(-n2c(Cc3ccccc3)nnc2SC(C)C(=O)Nc2cc(F)ccc2F)cc1. The van der Waals surface area contributed by atoms with E-state index in [1.165, 1.54) is 11.8 Å². The second-order valence-electron chi connectivity index (χ2n) is 7.70. The second-order valence-corrected chi connectivity index (χ2v) is 9.00. The third kappa shape index (κ3) is 6.05. The number of anilines is 1. The Balaban J connectivity index is 1.60. The van der Waals surface area contributed by atoms with Crippen molar-refractivity contribution in [2.45, 2.75) is 30.7 Å². The summed E-state index contributed by atoms with van der Waals surface area (Å²) in [5.74, 6) is -0.382. The van der Waals surface area contributed by atoms with Crippen LogP contribution in [0, 0.1) is 11.6 Å². The van der Waals surface area contributed by atoms with Crippen molar-refractivity contribution in [3.05, 3.63) is 95.8 Å². The highest BCUT2D eigenvalue weighted by molar-refractivity contribution is 8.00. The number of ether oxygens (including phenoxy) is 1. The van der Waals surface area contributed by atoms with E-state index in [0.717, 1.165) is 35.2 Å². The normalized spacial score (nSPS) is 11.8. The monoisotopic (exact) mass is 494 g/mol. The van der Waals surface area contributed by atoms with Crippen molar-refractivity contribution in [1.82, 2.24) is 14.8 Å². The fourth-order valence-electron chi connectivity index (χ4n) is 3.43. The van der Waals surface area contributed by atoms with E-state index in [9.17, 15) is 13.6 Å². The largest absolute Gasteiger partial charge is 0.494 e. The number of aromatic nitrogens is 3. The number of thioether (sulfide) groups is 1. The summed E-state index contributed by atoms with van der Waals surface area (Å²) in [6.45, 7) is 4.15. The number of benzene rings is 3. The number of halogens is 2. The van der Waals surface area contributed by atoms with Crippen molar-refractivity contribution in [1.29, 1.82) is 0 Å². The van der Waals surface area contributed by atoms with Gasteiger partial charge in [-0.05, 0) is 55.8 Å². The van der Waals surface area contributed by atoms with Crippen molar-refractivity contribution in [2.24, 2.45) is 0 Å². The topological polar surface area (TPSA) is 69.0 Å². The summed E-state index contributed by atoms with van der Waals surface area (Å²) in [5.41, 5.74) is 1.67. The molecule has 9 heteroatoms. The Morgan fingerprint density at radius 1 is 1.06 bits per heavy atom. The molecule has 0 radical (unpaired) electrons. The molecule has 1 N–H and O–H groups in total. The van der Waals surface area contributed by atoms with Gasteiger partial charge in [0.2, 0.25) is 5.91 Å². The summed E-state index contributed by atoms with van der Waals surface area (Å²) in [5, 5.41) is 11.0. The lowest BCUT2D eigenvalue weighted by molar-refractivity contribution is -0.115. The second kappa shape index (κ2) is 11.1. The summed E-state index contributed by atoms with van der Waals surface area (Å²) in [7, 11) is 0. The first-order valence-corrected chi connectivity index (χ1v) is 12.0. The summed E-state index contributed by atoms with van der Waals surface area (Å²) in [4.78, 5) is 12.7. The standard InChI is InChI=1S/C26H24F2N4O2S/c1-3-34-21-12-10-20(11-13-21)32-24(15-18-7-5-4-6-8-18)30-31-26(32)35-17(2)25(33)29-23-16-19(27)9-14-22(23)28/h4-14,16-17H,3,15H2,1-2H3,(H,29,33). The zero-order valence-electron chi connectivity index (χ0n) is 19.2. The predicted octanol–water partition coefficient (Wildman–Crippen LogP) is 5.65. The predicted molar refractivity (Wildman–Crippen MR) is 132 cm³/mol. The highest BCUT2D eigenvalue weighted by atomic mass is 32.2. The maximum Gasteiger partial charge on any atom is 0.237 e. The Hall–Kier alpha value is -3.72. The van der Waals surface area contributed by atoms with Crippen molar-refractivity contribution in [3.8, 4) is 11.4 Å². The van der Waals surface area contributed by atoms with Gasteiger partial charge in [-0.15, -0.1) is 10.2 Å². The summed E-state index contributed by atoms with van der Waals surface area (Å²) in [6.07, 6.45) is 0.538. The zero-order valence-corrected chi connectivity index (χ0v) is 20.1. The van der Waals surface area contributed by atoms with Crippen LogP contribution in [0.4, 0.5) is 14.5 Å². The van der Waals surface area contributed by atoms with E-state index in [4.69, 9.17) is 4.74 Å². The van der Waals surface area contributed by atoms with E-state index < -0.39 is 22.8 Å². The van der Waals surface area contributed by atoms with Crippen LogP contribution in [0.1, 0.15) is 25.2 Å². The minimum Gasteiger partial charge on any atom is -0.494 e. The van der Waals surface area contributed by atoms with Crippen LogP contribution in [-0.2, 0) is 11.2 Å². The van der Waals surface area contributed by atoms with Gasteiger partial charge in [0.25, 0.3) is 0 Å². The molecule has 0 spiro atoms. The van der Waals surface area contributed by atoms with Crippen LogP contribution in [0.2, 0.25) is 0 Å². The molecule has 0 saturated heterocycles. The molecule has 4 aromatic rings. The average Bonchev–Trinajstić information content (AvgIpc) is 3.24. The average molecular weight is 495 g/mol. The fourth-order valence-corrected chi connectivity index (χ4v) is 4.31. The molecule has 0 saturated carbocycles. The van der Waals surface area contributed by atoms with E-state index in [1.807, 2.05) is 66.1 Å². The highest BCUT2D eigenvalue weighted by Gasteiger charge is 2.22. The van der Waals surface area contributed by atoms with E-state index in [-0.39, 0.29) is 5.69 Å². The van der Waals surface area contributed by atoms with Gasteiger partial charge in [-0.25, -0.2) is 8.78 Å². The number of carbonyl (C=O) groups excluding carboxylic acids is 1. The molecule has 1 heterocycles. The summed E-state index contributed by atoms with van der Waals surface area (Å²) < 4.78 is 34.9.